The molecule has 0 bridgehead atoms. The van der Waals surface area contributed by atoms with Crippen molar-refractivity contribution >= 4 is 23.0 Å². The number of rotatable bonds is 2. The van der Waals surface area contributed by atoms with E-state index in [-0.39, 0.29) is 5.56 Å². The van der Waals surface area contributed by atoms with E-state index in [1.165, 1.54) is 0 Å². The van der Waals surface area contributed by atoms with Gasteiger partial charge in [0.05, 0.1) is 21.5 Å². The zero-order chi connectivity index (χ0) is 22.5. The van der Waals surface area contributed by atoms with Gasteiger partial charge >= 0.3 is 0 Å². The van der Waals surface area contributed by atoms with Crippen LogP contribution < -0.4 is 0 Å². The molecule has 2 aromatic rings. The number of benzene rings is 2. The Morgan fingerprint density at radius 3 is 1.62 bits per heavy atom. The van der Waals surface area contributed by atoms with E-state index in [1.807, 2.05) is 0 Å². The number of nitro benzene ring substituents is 2. The number of non-ortho nitro benzene ring substituents is 1. The fraction of sp³-hybridized carbons (Fsp3) is 0. The van der Waals surface area contributed by atoms with Crippen molar-refractivity contribution in [3.05, 3.63) is 77.3 Å². The molecule has 2 rings (SSSR count). The summed E-state index contributed by atoms with van der Waals surface area (Å²) in [5, 5.41) is 45.4. The minimum Gasteiger partial charge on any atom is -0.258 e. The van der Waals surface area contributed by atoms with Gasteiger partial charge in [0, 0.05) is 6.07 Å². The molecule has 0 N–H and O–H groups in total. The molecule has 0 unspecified atom stereocenters. The van der Waals surface area contributed by atoms with Crippen molar-refractivity contribution in [3.8, 4) is 18.2 Å². The first-order chi connectivity index (χ1) is 13.5. The first-order valence-corrected chi connectivity index (χ1v) is 7.08. The number of halogens is 5. The van der Waals surface area contributed by atoms with Crippen LogP contribution in [-0.4, -0.2) is 9.85 Å². The predicted octanol–water partition coefficient (Wildman–Crippen LogP) is 4.01. The molecular formula is C15H2ClF4N5O4. The van der Waals surface area contributed by atoms with Crippen molar-refractivity contribution in [2.45, 2.75) is 0 Å². The van der Waals surface area contributed by atoms with Gasteiger partial charge in [-0.1, -0.05) is 11.6 Å². The van der Waals surface area contributed by atoms with Gasteiger partial charge in [-0.05, 0) is 0 Å². The molecule has 0 atom stereocenters. The van der Waals surface area contributed by atoms with Crippen molar-refractivity contribution in [2.75, 3.05) is 0 Å². The highest BCUT2D eigenvalue weighted by Crippen LogP contribution is 2.32. The summed E-state index contributed by atoms with van der Waals surface area (Å²) in [6.45, 7) is 0. The van der Waals surface area contributed by atoms with Crippen LogP contribution in [0.1, 0.15) is 16.7 Å². The molecule has 14 heteroatoms. The monoisotopic (exact) mass is 427 g/mol. The second-order valence-corrected chi connectivity index (χ2v) is 5.06. The first-order valence-electron chi connectivity index (χ1n) is 6.70. The quantitative estimate of drug-likeness (QED) is 0.230. The summed E-state index contributed by atoms with van der Waals surface area (Å²) in [5.41, 5.74) is -4.09. The van der Waals surface area contributed by atoms with Crippen LogP contribution >= 0.6 is 11.6 Å². The molecule has 29 heavy (non-hydrogen) atoms. The Bertz CT molecular complexity index is 1130. The lowest BCUT2D eigenvalue weighted by molar-refractivity contribution is -0.394. The lowest BCUT2D eigenvalue weighted by Crippen LogP contribution is -2.04. The highest BCUT2D eigenvalue weighted by molar-refractivity contribution is 6.33. The number of nitrogens with zero attached hydrogens (tertiary/aromatic N) is 5. The molecule has 0 fully saturated rings. The third-order valence-electron chi connectivity index (χ3n) is 3.05. The van der Waals surface area contributed by atoms with Gasteiger partial charge < -0.3 is 0 Å². The van der Waals surface area contributed by atoms with E-state index < -0.39 is 60.6 Å². The molecule has 0 aliphatic rings. The number of nitriles is 3. The van der Waals surface area contributed by atoms with Crippen molar-refractivity contribution in [1.29, 1.82) is 15.8 Å². The maximum absolute atomic E-state index is 12.9. The van der Waals surface area contributed by atoms with Gasteiger partial charge in [0.1, 0.15) is 34.4 Å². The van der Waals surface area contributed by atoms with Gasteiger partial charge in [0.15, 0.2) is 23.3 Å². The van der Waals surface area contributed by atoms with E-state index in [0.29, 0.717) is 6.07 Å². The Balaban J connectivity index is 0.000000291. The van der Waals surface area contributed by atoms with Crippen molar-refractivity contribution < 1.29 is 27.4 Å². The largest absolute Gasteiger partial charge is 0.296 e. The summed E-state index contributed by atoms with van der Waals surface area (Å²) < 4.78 is 50.8. The molecule has 146 valence electrons. The zero-order valence-electron chi connectivity index (χ0n) is 13.4. The molecule has 0 saturated carbocycles. The van der Waals surface area contributed by atoms with Crippen LogP contribution in [0.5, 0.6) is 0 Å². The molecule has 0 spiro atoms. The summed E-state index contributed by atoms with van der Waals surface area (Å²) in [7, 11) is 0. The number of hydrogen-bond acceptors (Lipinski definition) is 7. The second kappa shape index (κ2) is 9.08. The third kappa shape index (κ3) is 4.53. The standard InChI is InChI=1S/C8F4N2.C7H2ClN3O4/c9-5-3(1-13)6(10)8(12)7(11)4(5)2-14;8-7-4(3-9)1-5(10(12)13)2-6(7)11(14)15/h;1-2H. The molecule has 0 amide bonds. The van der Waals surface area contributed by atoms with E-state index in [0.717, 1.165) is 18.2 Å². The Labute approximate surface area is 162 Å². The van der Waals surface area contributed by atoms with Crippen LogP contribution in [0.2, 0.25) is 5.02 Å². The predicted molar refractivity (Wildman–Crippen MR) is 85.2 cm³/mol. The molecule has 0 aliphatic carbocycles. The lowest BCUT2D eigenvalue weighted by Gasteiger charge is -2.01. The van der Waals surface area contributed by atoms with E-state index in [1.54, 1.807) is 6.07 Å². The van der Waals surface area contributed by atoms with Crippen LogP contribution in [0.4, 0.5) is 28.9 Å². The van der Waals surface area contributed by atoms with Crippen LogP contribution in [-0.2, 0) is 0 Å². The van der Waals surface area contributed by atoms with Crippen LogP contribution in [0, 0.1) is 77.5 Å². The topological polar surface area (TPSA) is 158 Å². The van der Waals surface area contributed by atoms with Crippen LogP contribution in [0.25, 0.3) is 0 Å². The maximum atomic E-state index is 12.9. The molecule has 0 aliphatic heterocycles. The summed E-state index contributed by atoms with van der Waals surface area (Å²) in [6, 6.07) is 5.14. The average molecular weight is 428 g/mol. The van der Waals surface area contributed by atoms with Crippen molar-refractivity contribution in [3.63, 3.8) is 0 Å². The van der Waals surface area contributed by atoms with E-state index >= 15 is 0 Å². The van der Waals surface area contributed by atoms with Crippen molar-refractivity contribution in [1.82, 2.24) is 0 Å². The second-order valence-electron chi connectivity index (χ2n) is 4.68. The highest BCUT2D eigenvalue weighted by Gasteiger charge is 2.25. The SMILES string of the molecule is N#Cc1c(F)c(F)c(F)c(C#N)c1F.N#Cc1cc([N+](=O)[O-])cc([N+](=O)[O-])c1Cl. The Hall–Kier alpha value is -4.28. The van der Waals surface area contributed by atoms with E-state index in [2.05, 4.69) is 0 Å². The summed E-state index contributed by atoms with van der Waals surface area (Å²) in [6.07, 6.45) is 0. The average Bonchev–Trinajstić information content (AvgIpc) is 2.67. The summed E-state index contributed by atoms with van der Waals surface area (Å²) in [4.78, 5) is 19.1. The smallest absolute Gasteiger partial charge is 0.258 e. The van der Waals surface area contributed by atoms with Crippen LogP contribution in [0.15, 0.2) is 12.1 Å². The molecule has 0 heterocycles. The van der Waals surface area contributed by atoms with Gasteiger partial charge in [-0.15, -0.1) is 0 Å². The molecular weight excluding hydrogens is 426 g/mol. The molecule has 0 aromatic heterocycles. The lowest BCUT2D eigenvalue weighted by atomic mass is 10.1. The fourth-order valence-corrected chi connectivity index (χ4v) is 1.96. The molecule has 9 nitrogen and oxygen atoms in total. The fourth-order valence-electron chi connectivity index (χ4n) is 1.74. The number of nitro groups is 2. The van der Waals surface area contributed by atoms with Gasteiger partial charge in [-0.2, -0.15) is 15.8 Å². The van der Waals surface area contributed by atoms with Gasteiger partial charge in [0.25, 0.3) is 11.4 Å². The van der Waals surface area contributed by atoms with Gasteiger partial charge in [-0.3, -0.25) is 20.2 Å². The van der Waals surface area contributed by atoms with E-state index in [4.69, 9.17) is 27.4 Å². The Morgan fingerprint density at radius 2 is 1.28 bits per heavy atom. The molecule has 0 radical (unpaired) electrons. The van der Waals surface area contributed by atoms with Crippen LogP contribution in [0.3, 0.4) is 0 Å². The zero-order valence-corrected chi connectivity index (χ0v) is 14.2. The molecule has 2 aromatic carbocycles. The maximum Gasteiger partial charge on any atom is 0.296 e. The normalized spacial score (nSPS) is 9.31. The van der Waals surface area contributed by atoms with Crippen molar-refractivity contribution in [2.24, 2.45) is 0 Å². The van der Waals surface area contributed by atoms with E-state index in [9.17, 15) is 37.8 Å². The summed E-state index contributed by atoms with van der Waals surface area (Å²) in [5.74, 6) is -7.58. The summed E-state index contributed by atoms with van der Waals surface area (Å²) >= 11 is 5.49. The third-order valence-corrected chi connectivity index (χ3v) is 3.45. The van der Waals surface area contributed by atoms with Gasteiger partial charge in [-0.25, -0.2) is 17.6 Å². The first kappa shape index (κ1) is 22.8. The minimum absolute atomic E-state index is 0.294. The molecule has 0 saturated heterocycles. The highest BCUT2D eigenvalue weighted by atomic mass is 35.5. The Kier molecular flexibility index (Phi) is 7.13. The number of hydrogen-bond donors (Lipinski definition) is 0. The Morgan fingerprint density at radius 1 is 0.793 bits per heavy atom. The minimum atomic E-state index is -2.03. The van der Waals surface area contributed by atoms with Gasteiger partial charge in [0.2, 0.25) is 0 Å².